The second-order valence-electron chi connectivity index (χ2n) is 5.17. The molecule has 20 heavy (non-hydrogen) atoms. The first-order valence-corrected chi connectivity index (χ1v) is 6.65. The van der Waals surface area contributed by atoms with Gasteiger partial charge in [-0.2, -0.15) is 0 Å². The third-order valence-electron chi connectivity index (χ3n) is 3.91. The Kier molecular flexibility index (Phi) is 3.04. The standard InChI is InChI=1S/C15H15FN2O2/c1-9(16)15(20)18-8-13(19)17-11-6-2-4-10-5-3-7-12(18)14(10)11/h2,4,6,12H,1,3,5,7-8H2,(H,17,19). The van der Waals surface area contributed by atoms with Crippen LogP contribution in [0.2, 0.25) is 0 Å². The minimum Gasteiger partial charge on any atom is -0.324 e. The number of nitrogens with one attached hydrogen (secondary N) is 1. The number of aryl methyl sites for hydroxylation is 1. The van der Waals surface area contributed by atoms with Crippen LogP contribution in [0.5, 0.6) is 0 Å². The zero-order valence-electron chi connectivity index (χ0n) is 11.0. The molecule has 1 aromatic rings. The van der Waals surface area contributed by atoms with Crippen LogP contribution < -0.4 is 5.32 Å². The van der Waals surface area contributed by atoms with Gasteiger partial charge in [0.2, 0.25) is 5.91 Å². The summed E-state index contributed by atoms with van der Waals surface area (Å²) in [5.74, 6) is -2.12. The van der Waals surface area contributed by atoms with Gasteiger partial charge in [0.25, 0.3) is 5.91 Å². The first-order valence-electron chi connectivity index (χ1n) is 6.65. The first-order chi connectivity index (χ1) is 9.58. The Hall–Kier alpha value is -2.17. The van der Waals surface area contributed by atoms with Crippen LogP contribution in [0.3, 0.4) is 0 Å². The molecule has 1 aliphatic heterocycles. The molecule has 5 heteroatoms. The van der Waals surface area contributed by atoms with Gasteiger partial charge in [0.1, 0.15) is 6.54 Å². The second kappa shape index (κ2) is 4.74. The van der Waals surface area contributed by atoms with Crippen molar-refractivity contribution in [2.75, 3.05) is 11.9 Å². The van der Waals surface area contributed by atoms with Gasteiger partial charge in [0.05, 0.1) is 6.04 Å². The zero-order valence-corrected chi connectivity index (χ0v) is 11.0. The van der Waals surface area contributed by atoms with Crippen molar-refractivity contribution in [3.63, 3.8) is 0 Å². The largest absolute Gasteiger partial charge is 0.324 e. The molecule has 0 radical (unpaired) electrons. The van der Waals surface area contributed by atoms with Gasteiger partial charge >= 0.3 is 0 Å². The Morgan fingerprint density at radius 2 is 2.25 bits per heavy atom. The molecule has 104 valence electrons. The van der Waals surface area contributed by atoms with Crippen LogP contribution in [-0.2, 0) is 16.0 Å². The molecule has 2 aliphatic rings. The lowest BCUT2D eigenvalue weighted by molar-refractivity contribution is -0.135. The van der Waals surface area contributed by atoms with Crippen LogP contribution in [0.4, 0.5) is 10.1 Å². The molecule has 0 saturated carbocycles. The molecule has 2 amide bonds. The van der Waals surface area contributed by atoms with Gasteiger partial charge < -0.3 is 10.2 Å². The number of carbonyl (C=O) groups excluding carboxylic acids is 2. The number of halogens is 1. The van der Waals surface area contributed by atoms with E-state index in [-0.39, 0.29) is 18.5 Å². The zero-order chi connectivity index (χ0) is 14.3. The van der Waals surface area contributed by atoms with Crippen molar-refractivity contribution in [1.29, 1.82) is 0 Å². The molecule has 0 saturated heterocycles. The van der Waals surface area contributed by atoms with Gasteiger partial charge in [0.15, 0.2) is 5.83 Å². The fraction of sp³-hybridized carbons (Fsp3) is 0.333. The molecule has 0 bridgehead atoms. The molecule has 1 unspecified atom stereocenters. The summed E-state index contributed by atoms with van der Waals surface area (Å²) in [6.45, 7) is 2.92. The van der Waals surface area contributed by atoms with Crippen molar-refractivity contribution in [2.24, 2.45) is 0 Å². The van der Waals surface area contributed by atoms with Crippen LogP contribution in [0, 0.1) is 0 Å². The van der Waals surface area contributed by atoms with Crippen molar-refractivity contribution in [2.45, 2.75) is 25.3 Å². The highest BCUT2D eigenvalue weighted by Gasteiger charge is 2.36. The van der Waals surface area contributed by atoms with Gasteiger partial charge in [-0.15, -0.1) is 0 Å². The molecule has 1 N–H and O–H groups in total. The molecule has 0 aromatic heterocycles. The van der Waals surface area contributed by atoms with Crippen molar-refractivity contribution in [3.05, 3.63) is 41.7 Å². The van der Waals surface area contributed by atoms with E-state index in [9.17, 15) is 14.0 Å². The second-order valence-corrected chi connectivity index (χ2v) is 5.17. The minimum atomic E-state index is -1.02. The summed E-state index contributed by atoms with van der Waals surface area (Å²) in [7, 11) is 0. The van der Waals surface area contributed by atoms with Crippen molar-refractivity contribution >= 4 is 17.5 Å². The Bertz CT molecular complexity index is 612. The third-order valence-corrected chi connectivity index (χ3v) is 3.91. The van der Waals surface area contributed by atoms with Crippen LogP contribution in [0.15, 0.2) is 30.6 Å². The number of anilines is 1. The number of hydrogen-bond acceptors (Lipinski definition) is 2. The number of nitrogens with zero attached hydrogens (tertiary/aromatic N) is 1. The first kappa shape index (κ1) is 12.8. The number of hydrogen-bond donors (Lipinski definition) is 1. The topological polar surface area (TPSA) is 49.4 Å². The highest BCUT2D eigenvalue weighted by atomic mass is 19.1. The van der Waals surface area contributed by atoms with E-state index >= 15 is 0 Å². The smallest absolute Gasteiger partial charge is 0.282 e. The molecule has 1 heterocycles. The lowest BCUT2D eigenvalue weighted by Crippen LogP contribution is -2.39. The van der Waals surface area contributed by atoms with Crippen LogP contribution >= 0.6 is 0 Å². The normalized spacial score (nSPS) is 20.8. The van der Waals surface area contributed by atoms with E-state index in [1.54, 1.807) is 0 Å². The molecular formula is C15H15FN2O2. The predicted octanol–water partition coefficient (Wildman–Crippen LogP) is 2.33. The van der Waals surface area contributed by atoms with E-state index in [1.165, 1.54) is 4.90 Å². The lowest BCUT2D eigenvalue weighted by Gasteiger charge is -2.33. The quantitative estimate of drug-likeness (QED) is 0.799. The average molecular weight is 274 g/mol. The van der Waals surface area contributed by atoms with E-state index < -0.39 is 11.7 Å². The molecular weight excluding hydrogens is 259 g/mol. The number of amides is 2. The average Bonchev–Trinajstić information content (AvgIpc) is 2.57. The maximum absolute atomic E-state index is 13.2. The summed E-state index contributed by atoms with van der Waals surface area (Å²) in [5, 5.41) is 2.80. The number of benzene rings is 1. The highest BCUT2D eigenvalue weighted by Crippen LogP contribution is 2.40. The fourth-order valence-corrected chi connectivity index (χ4v) is 3.10. The minimum absolute atomic E-state index is 0.138. The Morgan fingerprint density at radius 3 is 3.00 bits per heavy atom. The van der Waals surface area contributed by atoms with Gasteiger partial charge in [-0.25, -0.2) is 4.39 Å². The van der Waals surface area contributed by atoms with Crippen LogP contribution in [-0.4, -0.2) is 23.3 Å². The molecule has 1 aliphatic carbocycles. The summed E-state index contributed by atoms with van der Waals surface area (Å²) in [5.41, 5.74) is 2.79. The fourth-order valence-electron chi connectivity index (χ4n) is 3.10. The summed E-state index contributed by atoms with van der Waals surface area (Å²) in [4.78, 5) is 25.2. The predicted molar refractivity (Wildman–Crippen MR) is 72.7 cm³/mol. The molecule has 0 spiro atoms. The third kappa shape index (κ3) is 1.99. The summed E-state index contributed by atoms with van der Waals surface area (Å²) in [6.07, 6.45) is 2.56. The summed E-state index contributed by atoms with van der Waals surface area (Å²) < 4.78 is 13.2. The van der Waals surface area contributed by atoms with E-state index in [4.69, 9.17) is 0 Å². The van der Waals surface area contributed by atoms with E-state index in [2.05, 4.69) is 11.9 Å². The molecule has 3 rings (SSSR count). The van der Waals surface area contributed by atoms with Crippen molar-refractivity contribution in [1.82, 2.24) is 4.90 Å². The Balaban J connectivity index is 2.12. The molecule has 0 fully saturated rings. The van der Waals surface area contributed by atoms with E-state index in [1.807, 2.05) is 18.2 Å². The number of rotatable bonds is 1. The molecule has 1 atom stereocenters. The molecule has 1 aromatic carbocycles. The maximum Gasteiger partial charge on any atom is 0.282 e. The SMILES string of the molecule is C=C(F)C(=O)N1CC(=O)Nc2cccc3c2C1CCC3. The van der Waals surface area contributed by atoms with Crippen molar-refractivity contribution < 1.29 is 14.0 Å². The Labute approximate surface area is 116 Å². The summed E-state index contributed by atoms with van der Waals surface area (Å²) >= 11 is 0. The Morgan fingerprint density at radius 1 is 1.45 bits per heavy atom. The number of carbonyl (C=O) groups is 2. The monoisotopic (exact) mass is 274 g/mol. The van der Waals surface area contributed by atoms with Crippen LogP contribution in [0.25, 0.3) is 0 Å². The van der Waals surface area contributed by atoms with Crippen molar-refractivity contribution in [3.8, 4) is 0 Å². The summed E-state index contributed by atoms with van der Waals surface area (Å²) in [6, 6.07) is 5.46. The van der Waals surface area contributed by atoms with E-state index in [0.29, 0.717) is 0 Å². The maximum atomic E-state index is 13.2. The lowest BCUT2D eigenvalue weighted by atomic mass is 9.85. The molecule has 4 nitrogen and oxygen atoms in total. The van der Waals surface area contributed by atoms with Gasteiger partial charge in [0, 0.05) is 11.3 Å². The van der Waals surface area contributed by atoms with E-state index in [0.717, 1.165) is 36.1 Å². The van der Waals surface area contributed by atoms with Gasteiger partial charge in [-0.1, -0.05) is 18.7 Å². The van der Waals surface area contributed by atoms with Crippen LogP contribution in [0.1, 0.15) is 30.0 Å². The van der Waals surface area contributed by atoms with Gasteiger partial charge in [-0.05, 0) is 30.9 Å². The van der Waals surface area contributed by atoms with Gasteiger partial charge in [-0.3, -0.25) is 9.59 Å². The highest BCUT2D eigenvalue weighted by molar-refractivity contribution is 6.00.